The second-order valence-corrected chi connectivity index (χ2v) is 14.1. The topological polar surface area (TPSA) is 56.7 Å². The number of para-hydroxylation sites is 3. The predicted octanol–water partition coefficient (Wildman–Crippen LogP) is 13.2. The highest BCUT2D eigenvalue weighted by atomic mass is 16.3. The van der Waals surface area contributed by atoms with Gasteiger partial charge in [-0.1, -0.05) is 121 Å². The summed E-state index contributed by atoms with van der Waals surface area (Å²) in [5.41, 5.74) is 12.4. The Morgan fingerprint density at radius 2 is 0.786 bits per heavy atom. The minimum absolute atomic E-state index is 0.598. The lowest BCUT2D eigenvalue weighted by Gasteiger charge is -2.11. The molecule has 0 atom stereocenters. The average molecular weight is 717 g/mol. The summed E-state index contributed by atoms with van der Waals surface area (Å²) >= 11 is 0. The molecular formula is C51H32N4O. The summed E-state index contributed by atoms with van der Waals surface area (Å²) in [6.45, 7) is 0. The summed E-state index contributed by atoms with van der Waals surface area (Å²) in [7, 11) is 0. The summed E-state index contributed by atoms with van der Waals surface area (Å²) in [6.07, 6.45) is 0. The number of furan rings is 1. The lowest BCUT2D eigenvalue weighted by atomic mass is 9.98. The highest BCUT2D eigenvalue weighted by molar-refractivity contribution is 6.10. The number of benzene rings is 8. The van der Waals surface area contributed by atoms with Gasteiger partial charge in [-0.25, -0.2) is 15.0 Å². The number of hydrogen-bond donors (Lipinski definition) is 0. The van der Waals surface area contributed by atoms with Crippen LogP contribution in [-0.2, 0) is 0 Å². The van der Waals surface area contributed by atoms with Gasteiger partial charge in [-0.05, 0) is 95.1 Å². The second-order valence-electron chi connectivity index (χ2n) is 14.1. The molecule has 8 aromatic carbocycles. The lowest BCUT2D eigenvalue weighted by Crippen LogP contribution is -2.00. The smallest absolute Gasteiger partial charge is 0.164 e. The van der Waals surface area contributed by atoms with E-state index < -0.39 is 0 Å². The standard InChI is InChI=1S/C51H32N4O/c1-3-13-33(14-4-1)34-15-11-16-35(29-34)36-17-12-18-37(30-36)49-52-50(54-51(53-49)39-26-28-48-44(32-39)42-22-8-10-24-47(42)56-48)38-25-27-46-43(31-38)41-21-7-9-23-45(41)55(46)40-19-5-2-6-20-40/h1-32H. The molecule has 0 saturated heterocycles. The number of hydrogen-bond acceptors (Lipinski definition) is 4. The zero-order valence-corrected chi connectivity index (χ0v) is 30.2. The third-order valence-electron chi connectivity index (χ3n) is 10.6. The summed E-state index contributed by atoms with van der Waals surface area (Å²) in [5, 5.41) is 4.39. The quantitative estimate of drug-likeness (QED) is 0.172. The molecule has 0 spiro atoms. The molecule has 0 fully saturated rings. The number of fused-ring (bicyclic) bond motifs is 6. The Balaban J connectivity index is 1.09. The predicted molar refractivity (Wildman–Crippen MR) is 229 cm³/mol. The molecule has 0 aliphatic heterocycles. The molecular weight excluding hydrogens is 685 g/mol. The minimum Gasteiger partial charge on any atom is -0.456 e. The molecule has 0 bridgehead atoms. The maximum atomic E-state index is 6.18. The fourth-order valence-electron chi connectivity index (χ4n) is 7.94. The van der Waals surface area contributed by atoms with E-state index in [-0.39, 0.29) is 0 Å². The largest absolute Gasteiger partial charge is 0.456 e. The van der Waals surface area contributed by atoms with E-state index in [1.165, 1.54) is 16.5 Å². The van der Waals surface area contributed by atoms with Gasteiger partial charge >= 0.3 is 0 Å². The van der Waals surface area contributed by atoms with Gasteiger partial charge in [-0.2, -0.15) is 0 Å². The average Bonchev–Trinajstić information content (AvgIpc) is 3.82. The molecule has 3 aromatic heterocycles. The first kappa shape index (κ1) is 31.9. The molecule has 11 rings (SSSR count). The van der Waals surface area contributed by atoms with Crippen molar-refractivity contribution in [2.24, 2.45) is 0 Å². The van der Waals surface area contributed by atoms with E-state index >= 15 is 0 Å². The van der Waals surface area contributed by atoms with Crippen LogP contribution in [0.15, 0.2) is 199 Å². The summed E-state index contributed by atoms with van der Waals surface area (Å²) in [4.78, 5) is 15.6. The molecule has 5 nitrogen and oxygen atoms in total. The van der Waals surface area contributed by atoms with Crippen LogP contribution in [0, 0.1) is 0 Å². The Bertz CT molecular complexity index is 3250. The fourth-order valence-corrected chi connectivity index (χ4v) is 7.94. The van der Waals surface area contributed by atoms with Crippen molar-refractivity contribution in [3.63, 3.8) is 0 Å². The van der Waals surface area contributed by atoms with E-state index in [0.29, 0.717) is 17.5 Å². The van der Waals surface area contributed by atoms with E-state index in [4.69, 9.17) is 19.4 Å². The van der Waals surface area contributed by atoms with Crippen molar-refractivity contribution in [2.45, 2.75) is 0 Å². The number of nitrogens with zero attached hydrogens (tertiary/aromatic N) is 4. The van der Waals surface area contributed by atoms with Crippen molar-refractivity contribution in [1.82, 2.24) is 19.5 Å². The van der Waals surface area contributed by atoms with Crippen LogP contribution in [-0.4, -0.2) is 19.5 Å². The Morgan fingerprint density at radius 1 is 0.304 bits per heavy atom. The Morgan fingerprint density at radius 3 is 1.52 bits per heavy atom. The molecule has 5 heteroatoms. The zero-order valence-electron chi connectivity index (χ0n) is 30.2. The molecule has 0 aliphatic carbocycles. The van der Waals surface area contributed by atoms with Gasteiger partial charge < -0.3 is 8.98 Å². The van der Waals surface area contributed by atoms with Crippen LogP contribution < -0.4 is 0 Å². The van der Waals surface area contributed by atoms with Gasteiger partial charge in [-0.15, -0.1) is 0 Å². The van der Waals surface area contributed by atoms with Crippen LogP contribution in [0.3, 0.4) is 0 Å². The molecule has 0 aliphatic rings. The molecule has 0 amide bonds. The van der Waals surface area contributed by atoms with Crippen LogP contribution in [0.25, 0.3) is 106 Å². The Labute approximate surface area is 322 Å². The highest BCUT2D eigenvalue weighted by Crippen LogP contribution is 2.37. The summed E-state index contributed by atoms with van der Waals surface area (Å²) in [6, 6.07) is 67.5. The van der Waals surface area contributed by atoms with Crippen LogP contribution in [0.4, 0.5) is 0 Å². The summed E-state index contributed by atoms with van der Waals surface area (Å²) < 4.78 is 8.50. The van der Waals surface area contributed by atoms with Crippen molar-refractivity contribution in [3.8, 4) is 62.1 Å². The molecule has 11 aromatic rings. The van der Waals surface area contributed by atoms with E-state index in [9.17, 15) is 0 Å². The molecule has 262 valence electrons. The van der Waals surface area contributed by atoms with Crippen LogP contribution >= 0.6 is 0 Å². The third-order valence-corrected chi connectivity index (χ3v) is 10.6. The van der Waals surface area contributed by atoms with Gasteiger partial charge in [0.2, 0.25) is 0 Å². The minimum atomic E-state index is 0.598. The van der Waals surface area contributed by atoms with Crippen LogP contribution in [0.5, 0.6) is 0 Å². The van der Waals surface area contributed by atoms with Crippen molar-refractivity contribution in [1.29, 1.82) is 0 Å². The van der Waals surface area contributed by atoms with E-state index in [1.807, 2.05) is 36.4 Å². The molecule has 0 radical (unpaired) electrons. The van der Waals surface area contributed by atoms with Gasteiger partial charge in [0, 0.05) is 43.9 Å². The fraction of sp³-hybridized carbons (Fsp3) is 0. The van der Waals surface area contributed by atoms with E-state index in [2.05, 4.69) is 162 Å². The van der Waals surface area contributed by atoms with E-state index in [0.717, 1.165) is 71.9 Å². The van der Waals surface area contributed by atoms with Crippen molar-refractivity contribution in [2.75, 3.05) is 0 Å². The first-order chi connectivity index (χ1) is 27.7. The third kappa shape index (κ3) is 5.45. The van der Waals surface area contributed by atoms with Crippen molar-refractivity contribution < 1.29 is 4.42 Å². The number of aromatic nitrogens is 4. The van der Waals surface area contributed by atoms with Gasteiger partial charge in [0.05, 0.1) is 11.0 Å². The molecule has 3 heterocycles. The second kappa shape index (κ2) is 13.0. The lowest BCUT2D eigenvalue weighted by molar-refractivity contribution is 0.669. The van der Waals surface area contributed by atoms with Crippen molar-refractivity contribution >= 4 is 43.7 Å². The SMILES string of the molecule is c1ccc(-c2cccc(-c3cccc(-c4nc(-c5ccc6oc7ccccc7c6c5)nc(-c5ccc6c(c5)c5ccccc5n6-c5ccccc5)n4)c3)c2)cc1. The molecule has 56 heavy (non-hydrogen) atoms. The Hall–Kier alpha value is -7.63. The van der Waals surface area contributed by atoms with Gasteiger partial charge in [0.15, 0.2) is 17.5 Å². The van der Waals surface area contributed by atoms with Crippen LogP contribution in [0.1, 0.15) is 0 Å². The maximum Gasteiger partial charge on any atom is 0.164 e. The van der Waals surface area contributed by atoms with Crippen molar-refractivity contribution in [3.05, 3.63) is 194 Å². The zero-order chi connectivity index (χ0) is 37.0. The first-order valence-electron chi connectivity index (χ1n) is 18.8. The monoisotopic (exact) mass is 716 g/mol. The van der Waals surface area contributed by atoms with Crippen LogP contribution in [0.2, 0.25) is 0 Å². The number of rotatable bonds is 6. The molecule has 0 saturated carbocycles. The Kier molecular flexibility index (Phi) is 7.42. The highest BCUT2D eigenvalue weighted by Gasteiger charge is 2.18. The first-order valence-corrected chi connectivity index (χ1v) is 18.8. The van der Waals surface area contributed by atoms with Gasteiger partial charge in [0.1, 0.15) is 11.2 Å². The normalized spacial score (nSPS) is 11.6. The van der Waals surface area contributed by atoms with E-state index in [1.54, 1.807) is 0 Å². The molecule has 0 unspecified atom stereocenters. The molecule has 0 N–H and O–H groups in total. The van der Waals surface area contributed by atoms with Gasteiger partial charge in [0.25, 0.3) is 0 Å². The maximum absolute atomic E-state index is 6.18. The summed E-state index contributed by atoms with van der Waals surface area (Å²) in [5.74, 6) is 1.81. The van der Waals surface area contributed by atoms with Gasteiger partial charge in [-0.3, -0.25) is 0 Å².